The van der Waals surface area contributed by atoms with Gasteiger partial charge in [-0.25, -0.2) is 0 Å². The number of amides is 1. The normalized spacial score (nSPS) is 25.7. The van der Waals surface area contributed by atoms with E-state index in [2.05, 4.69) is 18.2 Å². The Morgan fingerprint density at radius 3 is 3.00 bits per heavy atom. The van der Waals surface area contributed by atoms with Crippen molar-refractivity contribution in [3.05, 3.63) is 0 Å². The molecule has 3 nitrogen and oxygen atoms in total. The third kappa shape index (κ3) is 3.24. The van der Waals surface area contributed by atoms with Gasteiger partial charge in [0.25, 0.3) is 0 Å². The van der Waals surface area contributed by atoms with Crippen LogP contribution in [0.4, 0.5) is 0 Å². The molecule has 1 aliphatic rings. The molecule has 15 heavy (non-hydrogen) atoms. The molecule has 84 valence electrons. The molecule has 2 atom stereocenters. The van der Waals surface area contributed by atoms with Gasteiger partial charge in [-0.15, -0.1) is 6.42 Å². The van der Waals surface area contributed by atoms with Crippen molar-refractivity contribution in [2.24, 2.45) is 5.92 Å². The van der Waals surface area contributed by atoms with Crippen molar-refractivity contribution in [3.8, 4) is 12.3 Å². The van der Waals surface area contributed by atoms with Gasteiger partial charge >= 0.3 is 0 Å². The quantitative estimate of drug-likeness (QED) is 0.698. The van der Waals surface area contributed by atoms with Crippen LogP contribution in [0.3, 0.4) is 0 Å². The number of carbonyl (C=O) groups is 1. The van der Waals surface area contributed by atoms with E-state index in [1.165, 1.54) is 6.42 Å². The first kappa shape index (κ1) is 12.1. The lowest BCUT2D eigenvalue weighted by atomic mass is 9.90. The minimum absolute atomic E-state index is 0.0259. The van der Waals surface area contributed by atoms with Crippen LogP contribution in [0.1, 0.15) is 26.2 Å². The Morgan fingerprint density at radius 2 is 2.40 bits per heavy atom. The summed E-state index contributed by atoms with van der Waals surface area (Å²) in [6.45, 7) is 3.52. The highest BCUT2D eigenvalue weighted by Gasteiger charge is 2.27. The molecule has 1 N–H and O–H groups in total. The highest BCUT2D eigenvalue weighted by Crippen LogP contribution is 2.20. The van der Waals surface area contributed by atoms with E-state index < -0.39 is 0 Å². The summed E-state index contributed by atoms with van der Waals surface area (Å²) in [4.78, 5) is 13.5. The number of terminal acetylenes is 1. The van der Waals surface area contributed by atoms with E-state index in [0.29, 0.717) is 12.5 Å². The molecule has 1 amide bonds. The first-order valence-electron chi connectivity index (χ1n) is 5.60. The molecule has 0 spiro atoms. The van der Waals surface area contributed by atoms with Crippen LogP contribution < -0.4 is 5.32 Å². The Hall–Kier alpha value is -1.01. The number of rotatable bonds is 3. The standard InChI is InChI=1S/C12H20N2O/c1-4-8-14(3)12(15)11-9-10(5-2)6-7-13-11/h1,10-11,13H,5-9H2,2-3H3. The monoisotopic (exact) mass is 208 g/mol. The maximum Gasteiger partial charge on any atom is 0.240 e. The van der Waals surface area contributed by atoms with Gasteiger partial charge in [0, 0.05) is 7.05 Å². The number of carbonyl (C=O) groups excluding carboxylic acids is 1. The van der Waals surface area contributed by atoms with Gasteiger partial charge in [0.1, 0.15) is 0 Å². The van der Waals surface area contributed by atoms with Gasteiger partial charge in [0.05, 0.1) is 12.6 Å². The molecular weight excluding hydrogens is 188 g/mol. The predicted molar refractivity (Wildman–Crippen MR) is 61.3 cm³/mol. The van der Waals surface area contributed by atoms with Gasteiger partial charge in [0.15, 0.2) is 0 Å². The van der Waals surface area contributed by atoms with Crippen LogP contribution in [0.2, 0.25) is 0 Å². The molecule has 0 aromatic carbocycles. The smallest absolute Gasteiger partial charge is 0.240 e. The molecule has 1 aliphatic heterocycles. The van der Waals surface area contributed by atoms with Crippen LogP contribution in [-0.2, 0) is 4.79 Å². The number of likely N-dealkylation sites (N-methyl/N-ethyl adjacent to an activating group) is 1. The molecule has 0 aliphatic carbocycles. The van der Waals surface area contributed by atoms with Crippen LogP contribution in [-0.4, -0.2) is 37.0 Å². The van der Waals surface area contributed by atoms with E-state index in [4.69, 9.17) is 6.42 Å². The van der Waals surface area contributed by atoms with Crippen molar-refractivity contribution in [1.29, 1.82) is 0 Å². The zero-order valence-electron chi connectivity index (χ0n) is 9.62. The van der Waals surface area contributed by atoms with Gasteiger partial charge in [-0.05, 0) is 25.3 Å². The second-order valence-electron chi connectivity index (χ2n) is 4.20. The van der Waals surface area contributed by atoms with Crippen molar-refractivity contribution in [2.45, 2.75) is 32.2 Å². The molecule has 3 heteroatoms. The molecule has 2 unspecified atom stereocenters. The predicted octanol–water partition coefficient (Wildman–Crippen LogP) is 0.856. The fourth-order valence-electron chi connectivity index (χ4n) is 2.04. The maximum absolute atomic E-state index is 11.9. The summed E-state index contributed by atoms with van der Waals surface area (Å²) in [5, 5.41) is 3.26. The topological polar surface area (TPSA) is 32.3 Å². The van der Waals surface area contributed by atoms with Gasteiger partial charge in [-0.1, -0.05) is 19.3 Å². The summed E-state index contributed by atoms with van der Waals surface area (Å²) < 4.78 is 0. The summed E-state index contributed by atoms with van der Waals surface area (Å²) in [6.07, 6.45) is 8.47. The lowest BCUT2D eigenvalue weighted by Crippen LogP contribution is -2.49. The third-order valence-corrected chi connectivity index (χ3v) is 3.09. The van der Waals surface area contributed by atoms with Crippen molar-refractivity contribution in [3.63, 3.8) is 0 Å². The second kappa shape index (κ2) is 5.77. The summed E-state index contributed by atoms with van der Waals surface area (Å²) in [7, 11) is 1.76. The van der Waals surface area contributed by atoms with E-state index in [1.807, 2.05) is 0 Å². The SMILES string of the molecule is C#CCN(C)C(=O)C1CC(CC)CCN1. The average Bonchev–Trinajstić information content (AvgIpc) is 2.28. The Bertz CT molecular complexity index is 257. The largest absolute Gasteiger partial charge is 0.333 e. The Labute approximate surface area is 92.2 Å². The number of hydrogen-bond donors (Lipinski definition) is 1. The van der Waals surface area contributed by atoms with E-state index in [-0.39, 0.29) is 11.9 Å². The minimum atomic E-state index is -0.0259. The zero-order valence-corrected chi connectivity index (χ0v) is 9.62. The molecule has 0 bridgehead atoms. The van der Waals surface area contributed by atoms with Crippen LogP contribution in [0.25, 0.3) is 0 Å². The summed E-state index contributed by atoms with van der Waals surface area (Å²) in [6, 6.07) is -0.0259. The highest BCUT2D eigenvalue weighted by molar-refractivity contribution is 5.82. The maximum atomic E-state index is 11.9. The molecule has 0 aromatic rings. The summed E-state index contributed by atoms with van der Waals surface area (Å²) in [5.74, 6) is 3.30. The Kier molecular flexibility index (Phi) is 4.64. The molecule has 0 aromatic heterocycles. The lowest BCUT2D eigenvalue weighted by Gasteiger charge is -2.31. The van der Waals surface area contributed by atoms with Crippen LogP contribution >= 0.6 is 0 Å². The van der Waals surface area contributed by atoms with Gasteiger partial charge in [-0.2, -0.15) is 0 Å². The van der Waals surface area contributed by atoms with Gasteiger partial charge in [0.2, 0.25) is 5.91 Å². The molecular formula is C12H20N2O. The highest BCUT2D eigenvalue weighted by atomic mass is 16.2. The minimum Gasteiger partial charge on any atom is -0.333 e. The van der Waals surface area contributed by atoms with Crippen LogP contribution in [0, 0.1) is 18.3 Å². The van der Waals surface area contributed by atoms with Crippen LogP contribution in [0.15, 0.2) is 0 Å². The molecule has 1 rings (SSSR count). The zero-order chi connectivity index (χ0) is 11.3. The summed E-state index contributed by atoms with van der Waals surface area (Å²) >= 11 is 0. The second-order valence-corrected chi connectivity index (χ2v) is 4.20. The van der Waals surface area contributed by atoms with Crippen molar-refractivity contribution >= 4 is 5.91 Å². The number of piperidine rings is 1. The number of nitrogens with one attached hydrogen (secondary N) is 1. The van der Waals surface area contributed by atoms with Crippen molar-refractivity contribution in [2.75, 3.05) is 20.1 Å². The molecule has 1 saturated heterocycles. The van der Waals surface area contributed by atoms with E-state index in [0.717, 1.165) is 19.4 Å². The average molecular weight is 208 g/mol. The van der Waals surface area contributed by atoms with Crippen molar-refractivity contribution in [1.82, 2.24) is 10.2 Å². The van der Waals surface area contributed by atoms with Crippen molar-refractivity contribution < 1.29 is 4.79 Å². The Morgan fingerprint density at radius 1 is 1.67 bits per heavy atom. The van der Waals surface area contributed by atoms with E-state index >= 15 is 0 Å². The van der Waals surface area contributed by atoms with E-state index in [1.54, 1.807) is 11.9 Å². The molecule has 1 heterocycles. The summed E-state index contributed by atoms with van der Waals surface area (Å²) in [5.41, 5.74) is 0. The Balaban J connectivity index is 2.49. The third-order valence-electron chi connectivity index (χ3n) is 3.09. The molecule has 0 saturated carbocycles. The molecule has 1 fully saturated rings. The first-order valence-corrected chi connectivity index (χ1v) is 5.60. The van der Waals surface area contributed by atoms with E-state index in [9.17, 15) is 4.79 Å². The first-order chi connectivity index (χ1) is 7.19. The van der Waals surface area contributed by atoms with Gasteiger partial charge < -0.3 is 10.2 Å². The number of hydrogen-bond acceptors (Lipinski definition) is 2. The molecule has 0 radical (unpaired) electrons. The fourth-order valence-corrected chi connectivity index (χ4v) is 2.04. The van der Waals surface area contributed by atoms with Gasteiger partial charge in [-0.3, -0.25) is 4.79 Å². The van der Waals surface area contributed by atoms with Crippen LogP contribution in [0.5, 0.6) is 0 Å². The number of nitrogens with zero attached hydrogens (tertiary/aromatic N) is 1. The fraction of sp³-hybridized carbons (Fsp3) is 0.750. The lowest BCUT2D eigenvalue weighted by molar-refractivity contribution is -0.132.